The molecule has 1 fully saturated rings. The summed E-state index contributed by atoms with van der Waals surface area (Å²) in [6.45, 7) is 12.3. The second-order valence-electron chi connectivity index (χ2n) is 9.29. The Morgan fingerprint density at radius 1 is 1.20 bits per heavy atom. The molecular formula is C28H36N4O2S. The number of nitrogens with zero attached hydrogens (tertiary/aromatic N) is 2. The Morgan fingerprint density at radius 2 is 1.97 bits per heavy atom. The molecule has 3 aromatic rings. The largest absolute Gasteiger partial charge is 0.494 e. The molecule has 6 nitrogen and oxygen atoms in total. The summed E-state index contributed by atoms with van der Waals surface area (Å²) in [5.74, 6) is 0.832. The van der Waals surface area contributed by atoms with E-state index in [1.807, 2.05) is 37.3 Å². The number of ether oxygens (including phenoxy) is 1. The molecule has 2 N–H and O–H groups in total. The minimum atomic E-state index is -0.0566. The van der Waals surface area contributed by atoms with Crippen LogP contribution in [0.5, 0.6) is 5.75 Å². The molecule has 2 aromatic carbocycles. The lowest BCUT2D eigenvalue weighted by Gasteiger charge is -2.32. The van der Waals surface area contributed by atoms with Crippen LogP contribution in [-0.2, 0) is 6.54 Å². The van der Waals surface area contributed by atoms with E-state index >= 15 is 0 Å². The second kappa shape index (κ2) is 11.2. The smallest absolute Gasteiger partial charge is 0.253 e. The van der Waals surface area contributed by atoms with Crippen LogP contribution < -0.4 is 15.6 Å². The first-order valence-corrected chi connectivity index (χ1v) is 12.9. The van der Waals surface area contributed by atoms with Crippen molar-refractivity contribution in [3.63, 3.8) is 0 Å². The van der Waals surface area contributed by atoms with E-state index in [1.54, 1.807) is 0 Å². The van der Waals surface area contributed by atoms with E-state index in [4.69, 9.17) is 17.0 Å². The minimum absolute atomic E-state index is 0.0566. The topological polar surface area (TPSA) is 60.6 Å². The molecule has 2 heterocycles. The Morgan fingerprint density at radius 3 is 2.69 bits per heavy atom. The zero-order valence-corrected chi connectivity index (χ0v) is 22.0. The highest BCUT2D eigenvalue weighted by molar-refractivity contribution is 7.80. The average molecular weight is 493 g/mol. The quantitative estimate of drug-likeness (QED) is 0.420. The number of hydrogen-bond donors (Lipinski definition) is 2. The fourth-order valence-electron chi connectivity index (χ4n) is 4.89. The number of aryl methyl sites for hydroxylation is 2. The first-order chi connectivity index (χ1) is 16.9. The first-order valence-electron chi connectivity index (χ1n) is 12.5. The minimum Gasteiger partial charge on any atom is -0.494 e. The van der Waals surface area contributed by atoms with Gasteiger partial charge in [-0.25, -0.2) is 0 Å². The van der Waals surface area contributed by atoms with Crippen LogP contribution in [0.4, 0.5) is 5.69 Å². The summed E-state index contributed by atoms with van der Waals surface area (Å²) in [5.41, 5.74) is 4.76. The molecule has 1 atom stereocenters. The van der Waals surface area contributed by atoms with Gasteiger partial charge in [0.1, 0.15) is 5.75 Å². The molecule has 0 amide bonds. The Kier molecular flexibility index (Phi) is 8.08. The molecule has 7 heteroatoms. The fourth-order valence-corrected chi connectivity index (χ4v) is 5.15. The van der Waals surface area contributed by atoms with Crippen molar-refractivity contribution < 1.29 is 4.74 Å². The summed E-state index contributed by atoms with van der Waals surface area (Å²) in [6, 6.07) is 14.4. The molecular weight excluding hydrogens is 456 g/mol. The highest BCUT2D eigenvalue weighted by Gasteiger charge is 2.27. The lowest BCUT2D eigenvalue weighted by molar-refractivity contribution is 0.221. The lowest BCUT2D eigenvalue weighted by atomic mass is 10.0. The Balaban J connectivity index is 1.60. The molecule has 0 spiro atoms. The van der Waals surface area contributed by atoms with Gasteiger partial charge in [-0.15, -0.1) is 0 Å². The van der Waals surface area contributed by atoms with Gasteiger partial charge in [0.15, 0.2) is 5.11 Å². The highest BCUT2D eigenvalue weighted by Crippen LogP contribution is 2.22. The number of pyridine rings is 1. The van der Waals surface area contributed by atoms with E-state index in [2.05, 4.69) is 53.0 Å². The van der Waals surface area contributed by atoms with Gasteiger partial charge in [0.25, 0.3) is 5.56 Å². The van der Waals surface area contributed by atoms with E-state index in [0.717, 1.165) is 59.5 Å². The molecule has 0 unspecified atom stereocenters. The van der Waals surface area contributed by atoms with Gasteiger partial charge < -0.3 is 19.9 Å². The summed E-state index contributed by atoms with van der Waals surface area (Å²) < 4.78 is 5.55. The Hall–Kier alpha value is -2.90. The predicted molar refractivity (Wildman–Crippen MR) is 149 cm³/mol. The number of thiocarbonyl (C=S) groups is 1. The van der Waals surface area contributed by atoms with Crippen molar-refractivity contribution in [2.24, 2.45) is 0 Å². The maximum Gasteiger partial charge on any atom is 0.253 e. The Labute approximate surface area is 213 Å². The van der Waals surface area contributed by atoms with Gasteiger partial charge in [0, 0.05) is 23.8 Å². The molecule has 0 saturated carbocycles. The highest BCUT2D eigenvalue weighted by atomic mass is 32.1. The third kappa shape index (κ3) is 5.85. The van der Waals surface area contributed by atoms with Crippen LogP contribution in [-0.4, -0.2) is 52.2 Å². The number of rotatable bonds is 8. The Bertz CT molecular complexity index is 1240. The first kappa shape index (κ1) is 25.2. The van der Waals surface area contributed by atoms with Gasteiger partial charge in [-0.05, 0) is 106 Å². The van der Waals surface area contributed by atoms with Crippen LogP contribution >= 0.6 is 12.2 Å². The van der Waals surface area contributed by atoms with E-state index < -0.39 is 0 Å². The van der Waals surface area contributed by atoms with E-state index in [-0.39, 0.29) is 5.56 Å². The molecule has 0 radical (unpaired) electrons. The van der Waals surface area contributed by atoms with Crippen molar-refractivity contribution in [3.05, 3.63) is 69.5 Å². The second-order valence-corrected chi connectivity index (χ2v) is 9.67. The van der Waals surface area contributed by atoms with E-state index in [1.165, 1.54) is 12.0 Å². The zero-order chi connectivity index (χ0) is 24.9. The van der Waals surface area contributed by atoms with Crippen molar-refractivity contribution >= 4 is 33.9 Å². The number of aromatic nitrogens is 1. The van der Waals surface area contributed by atoms with Crippen LogP contribution in [0.15, 0.2) is 47.3 Å². The number of aromatic amines is 1. The maximum atomic E-state index is 13.1. The number of anilines is 1. The molecule has 4 rings (SSSR count). The predicted octanol–water partition coefficient (Wildman–Crippen LogP) is 5.23. The van der Waals surface area contributed by atoms with Gasteiger partial charge >= 0.3 is 0 Å². The monoisotopic (exact) mass is 492 g/mol. The third-order valence-corrected chi connectivity index (χ3v) is 7.39. The average Bonchev–Trinajstić information content (AvgIpc) is 3.30. The summed E-state index contributed by atoms with van der Waals surface area (Å²) in [4.78, 5) is 20.9. The number of H-pyrrole nitrogens is 1. The summed E-state index contributed by atoms with van der Waals surface area (Å²) in [5, 5.41) is 5.05. The maximum absolute atomic E-state index is 13.1. The number of fused-ring (bicyclic) bond motifs is 1. The molecule has 1 saturated heterocycles. The number of nitrogens with one attached hydrogen (secondary N) is 2. The number of likely N-dealkylation sites (tertiary alicyclic amines) is 1. The van der Waals surface area contributed by atoms with Crippen LogP contribution in [0.25, 0.3) is 10.9 Å². The summed E-state index contributed by atoms with van der Waals surface area (Å²) >= 11 is 5.88. The van der Waals surface area contributed by atoms with Crippen molar-refractivity contribution in [1.82, 2.24) is 14.8 Å². The van der Waals surface area contributed by atoms with Crippen LogP contribution in [0.1, 0.15) is 43.4 Å². The van der Waals surface area contributed by atoms with Gasteiger partial charge in [0.2, 0.25) is 0 Å². The van der Waals surface area contributed by atoms with Gasteiger partial charge in [-0.2, -0.15) is 0 Å². The molecule has 186 valence electrons. The molecule has 1 aromatic heterocycles. The lowest BCUT2D eigenvalue weighted by Crippen LogP contribution is -2.44. The fraction of sp³-hybridized carbons (Fsp3) is 0.429. The van der Waals surface area contributed by atoms with Crippen molar-refractivity contribution in [2.45, 2.75) is 53.1 Å². The number of benzene rings is 2. The standard InChI is InChI=1S/C28H36N4O2S/c1-5-31-15-7-8-24(31)18-32(28(35)29-23-11-13-25(14-12-23)34-6-2)17-22-16-21-10-9-19(3)20(4)26(21)30-27(22)33/h9-14,16,24H,5-8,15,17-18H2,1-4H3,(H,29,35)(H,30,33)/t24-/m1/s1. The van der Waals surface area contributed by atoms with Crippen LogP contribution in [0.2, 0.25) is 0 Å². The van der Waals surface area contributed by atoms with Crippen molar-refractivity contribution in [1.29, 1.82) is 0 Å². The molecule has 35 heavy (non-hydrogen) atoms. The normalized spacial score (nSPS) is 15.9. The molecule has 0 bridgehead atoms. The third-order valence-electron chi connectivity index (χ3n) is 7.03. The molecule has 0 aliphatic carbocycles. The van der Waals surface area contributed by atoms with Crippen LogP contribution in [0, 0.1) is 13.8 Å². The molecule has 1 aliphatic heterocycles. The van der Waals surface area contributed by atoms with Gasteiger partial charge in [-0.3, -0.25) is 9.69 Å². The zero-order valence-electron chi connectivity index (χ0n) is 21.2. The van der Waals surface area contributed by atoms with Gasteiger partial charge in [-0.1, -0.05) is 19.1 Å². The van der Waals surface area contributed by atoms with Crippen molar-refractivity contribution in [2.75, 3.05) is 31.6 Å². The SMILES string of the molecule is CCOc1ccc(NC(=S)N(Cc2cc3ccc(C)c(C)c3[nH]c2=O)C[C@H]2CCCN2CC)cc1. The summed E-state index contributed by atoms with van der Waals surface area (Å²) in [6.07, 6.45) is 2.34. The van der Waals surface area contributed by atoms with Crippen LogP contribution in [0.3, 0.4) is 0 Å². The number of hydrogen-bond acceptors (Lipinski definition) is 4. The molecule has 1 aliphatic rings. The van der Waals surface area contributed by atoms with Gasteiger partial charge in [0.05, 0.1) is 18.7 Å². The van der Waals surface area contributed by atoms with E-state index in [9.17, 15) is 4.79 Å². The number of likely N-dealkylation sites (N-methyl/N-ethyl adjacent to an activating group) is 1. The summed E-state index contributed by atoms with van der Waals surface area (Å²) in [7, 11) is 0. The van der Waals surface area contributed by atoms with Crippen molar-refractivity contribution in [3.8, 4) is 5.75 Å². The van der Waals surface area contributed by atoms with E-state index in [0.29, 0.717) is 24.3 Å².